The monoisotopic (exact) mass is 371 g/mol. The zero-order valence-corrected chi connectivity index (χ0v) is 15.3. The van der Waals surface area contributed by atoms with Crippen LogP contribution >= 0.6 is 11.6 Å². The number of benzene rings is 1. The first-order valence-electron chi connectivity index (χ1n) is 9.15. The van der Waals surface area contributed by atoms with E-state index in [4.69, 9.17) is 16.3 Å². The van der Waals surface area contributed by atoms with Gasteiger partial charge in [0.05, 0.1) is 18.3 Å². The van der Waals surface area contributed by atoms with Gasteiger partial charge in [-0.2, -0.15) is 0 Å². The van der Waals surface area contributed by atoms with Gasteiger partial charge >= 0.3 is 6.03 Å². The first-order valence-corrected chi connectivity index (χ1v) is 9.53. The van der Waals surface area contributed by atoms with Gasteiger partial charge in [-0.05, 0) is 42.7 Å². The van der Waals surface area contributed by atoms with Crippen LogP contribution in [0.15, 0.2) is 36.7 Å². The van der Waals surface area contributed by atoms with Crippen molar-refractivity contribution in [2.75, 3.05) is 18.5 Å². The molecule has 2 aliphatic heterocycles. The number of anilines is 1. The van der Waals surface area contributed by atoms with Crippen LogP contribution in [0, 0.1) is 0 Å². The summed E-state index contributed by atoms with van der Waals surface area (Å²) in [5.41, 5.74) is 2.84. The summed E-state index contributed by atoms with van der Waals surface area (Å²) in [6.07, 6.45) is 8.62. The van der Waals surface area contributed by atoms with Crippen LogP contribution in [-0.4, -0.2) is 29.1 Å². The lowest BCUT2D eigenvalue weighted by atomic mass is 10.0. The normalized spacial score (nSPS) is 19.4. The van der Waals surface area contributed by atoms with E-state index in [2.05, 4.69) is 10.3 Å². The van der Waals surface area contributed by atoms with Crippen molar-refractivity contribution in [3.63, 3.8) is 0 Å². The minimum absolute atomic E-state index is 0.0636. The van der Waals surface area contributed by atoms with Gasteiger partial charge in [0.2, 0.25) is 0 Å². The number of pyridine rings is 1. The van der Waals surface area contributed by atoms with E-state index in [0.29, 0.717) is 17.3 Å². The molecule has 1 N–H and O–H groups in total. The fraction of sp³-hybridized carbons (Fsp3) is 0.400. The highest BCUT2D eigenvalue weighted by Gasteiger charge is 2.28. The summed E-state index contributed by atoms with van der Waals surface area (Å²) in [4.78, 5) is 19.2. The fourth-order valence-electron chi connectivity index (χ4n) is 3.83. The Kier molecular flexibility index (Phi) is 4.98. The lowest BCUT2D eigenvalue weighted by molar-refractivity contribution is 0.189. The number of aromatic nitrogens is 1. The van der Waals surface area contributed by atoms with Gasteiger partial charge in [-0.1, -0.05) is 24.4 Å². The highest BCUT2D eigenvalue weighted by atomic mass is 35.5. The van der Waals surface area contributed by atoms with E-state index in [1.807, 2.05) is 23.1 Å². The Morgan fingerprint density at radius 1 is 1.23 bits per heavy atom. The molecule has 0 spiro atoms. The number of likely N-dealkylation sites (tertiary alicyclic amines) is 1. The summed E-state index contributed by atoms with van der Waals surface area (Å²) >= 11 is 6.22. The maximum atomic E-state index is 13.1. The van der Waals surface area contributed by atoms with Crippen molar-refractivity contribution >= 4 is 23.3 Å². The van der Waals surface area contributed by atoms with E-state index in [1.54, 1.807) is 18.5 Å². The predicted octanol–water partition coefficient (Wildman–Crippen LogP) is 4.82. The number of urea groups is 1. The molecule has 0 radical (unpaired) electrons. The van der Waals surface area contributed by atoms with E-state index < -0.39 is 0 Å². The molecule has 5 nitrogen and oxygen atoms in total. The van der Waals surface area contributed by atoms with Crippen molar-refractivity contribution in [1.82, 2.24) is 9.88 Å². The van der Waals surface area contributed by atoms with Crippen molar-refractivity contribution in [2.24, 2.45) is 0 Å². The van der Waals surface area contributed by atoms with Crippen LogP contribution in [-0.2, 0) is 6.42 Å². The number of hydrogen-bond acceptors (Lipinski definition) is 3. The third-order valence-corrected chi connectivity index (χ3v) is 5.31. The minimum Gasteiger partial charge on any atom is -0.491 e. The third kappa shape index (κ3) is 3.49. The summed E-state index contributed by atoms with van der Waals surface area (Å²) in [5, 5.41) is 3.66. The zero-order chi connectivity index (χ0) is 17.9. The molecule has 0 unspecified atom stereocenters. The molecule has 1 atom stereocenters. The molecule has 1 fully saturated rings. The summed E-state index contributed by atoms with van der Waals surface area (Å²) < 4.78 is 5.71. The summed E-state index contributed by atoms with van der Waals surface area (Å²) in [6, 6.07) is 7.63. The minimum atomic E-state index is -0.103. The Hall–Kier alpha value is -2.27. The number of amides is 2. The van der Waals surface area contributed by atoms with Crippen molar-refractivity contribution in [3.8, 4) is 5.75 Å². The maximum absolute atomic E-state index is 13.1. The second-order valence-electron chi connectivity index (χ2n) is 6.81. The van der Waals surface area contributed by atoms with Crippen molar-refractivity contribution in [1.29, 1.82) is 0 Å². The number of nitrogens with one attached hydrogen (secondary N) is 1. The molecule has 2 aliphatic rings. The summed E-state index contributed by atoms with van der Waals surface area (Å²) in [7, 11) is 0. The van der Waals surface area contributed by atoms with Crippen LogP contribution in [0.4, 0.5) is 10.5 Å². The Balaban J connectivity index is 1.60. The molecular weight excluding hydrogens is 350 g/mol. The number of rotatable bonds is 2. The van der Waals surface area contributed by atoms with Gasteiger partial charge in [0, 0.05) is 35.9 Å². The number of nitrogens with zero attached hydrogens (tertiary/aromatic N) is 2. The first-order chi connectivity index (χ1) is 12.7. The zero-order valence-electron chi connectivity index (χ0n) is 14.6. The summed E-state index contributed by atoms with van der Waals surface area (Å²) in [5.74, 6) is 0.748. The van der Waals surface area contributed by atoms with Gasteiger partial charge in [0.1, 0.15) is 5.75 Å². The lowest BCUT2D eigenvalue weighted by Gasteiger charge is -2.30. The lowest BCUT2D eigenvalue weighted by Crippen LogP contribution is -2.38. The van der Waals surface area contributed by atoms with Crippen LogP contribution < -0.4 is 10.1 Å². The van der Waals surface area contributed by atoms with E-state index in [9.17, 15) is 4.79 Å². The van der Waals surface area contributed by atoms with E-state index in [-0.39, 0.29) is 12.1 Å². The predicted molar refractivity (Wildman–Crippen MR) is 102 cm³/mol. The maximum Gasteiger partial charge on any atom is 0.322 e. The molecule has 1 aromatic heterocycles. The number of carbonyl (C=O) groups excluding carboxylic acids is 1. The molecule has 4 rings (SSSR count). The van der Waals surface area contributed by atoms with E-state index in [0.717, 1.165) is 55.5 Å². The Morgan fingerprint density at radius 2 is 2.08 bits per heavy atom. The molecule has 0 saturated carbocycles. The number of fused-ring (bicyclic) bond motifs is 1. The standard InChI is InChI=1S/C20H22ClN3O2/c21-16-12-15-7-11-26-19(15)17(13-16)23-20(25)24-10-3-1-2-4-18(24)14-5-8-22-9-6-14/h5-6,8-9,12-13,18H,1-4,7,10-11H2,(H,23,25)/t18-/m0/s1. The summed E-state index contributed by atoms with van der Waals surface area (Å²) in [6.45, 7) is 1.37. The van der Waals surface area contributed by atoms with Gasteiger partial charge in [0.15, 0.2) is 0 Å². The Labute approximate surface area is 158 Å². The second-order valence-corrected chi connectivity index (χ2v) is 7.25. The highest BCUT2D eigenvalue weighted by molar-refractivity contribution is 6.31. The van der Waals surface area contributed by atoms with Crippen LogP contribution in [0.3, 0.4) is 0 Å². The van der Waals surface area contributed by atoms with Gasteiger partial charge < -0.3 is 15.0 Å². The molecular formula is C20H22ClN3O2. The molecule has 1 saturated heterocycles. The van der Waals surface area contributed by atoms with Crippen molar-refractivity contribution < 1.29 is 9.53 Å². The molecule has 1 aromatic carbocycles. The topological polar surface area (TPSA) is 54.5 Å². The molecule has 0 bridgehead atoms. The van der Waals surface area contributed by atoms with Gasteiger partial charge in [0.25, 0.3) is 0 Å². The Bertz CT molecular complexity index is 797. The highest BCUT2D eigenvalue weighted by Crippen LogP contribution is 2.37. The molecule has 2 aromatic rings. The molecule has 3 heterocycles. The third-order valence-electron chi connectivity index (χ3n) is 5.09. The van der Waals surface area contributed by atoms with Crippen LogP contribution in [0.25, 0.3) is 0 Å². The largest absolute Gasteiger partial charge is 0.491 e. The SMILES string of the molecule is O=C(Nc1cc(Cl)cc2c1OCC2)N1CCCCC[C@H]1c1ccncc1. The van der Waals surface area contributed by atoms with Gasteiger partial charge in [-0.25, -0.2) is 4.79 Å². The molecule has 2 amide bonds. The second kappa shape index (κ2) is 7.54. The van der Waals surface area contributed by atoms with Crippen LogP contribution in [0.5, 0.6) is 5.75 Å². The number of ether oxygens (including phenoxy) is 1. The molecule has 136 valence electrons. The van der Waals surface area contributed by atoms with E-state index >= 15 is 0 Å². The molecule has 26 heavy (non-hydrogen) atoms. The smallest absolute Gasteiger partial charge is 0.322 e. The van der Waals surface area contributed by atoms with Crippen LogP contribution in [0.2, 0.25) is 5.02 Å². The number of halogens is 1. The van der Waals surface area contributed by atoms with Gasteiger partial charge in [-0.15, -0.1) is 0 Å². The molecule has 0 aliphatic carbocycles. The molecule has 6 heteroatoms. The van der Waals surface area contributed by atoms with Crippen molar-refractivity contribution in [2.45, 2.75) is 38.1 Å². The van der Waals surface area contributed by atoms with E-state index in [1.165, 1.54) is 0 Å². The van der Waals surface area contributed by atoms with Crippen molar-refractivity contribution in [3.05, 3.63) is 52.8 Å². The van der Waals surface area contributed by atoms with Crippen LogP contribution in [0.1, 0.15) is 42.9 Å². The van der Waals surface area contributed by atoms with Gasteiger partial charge in [-0.3, -0.25) is 4.98 Å². The average Bonchev–Trinajstić information content (AvgIpc) is 2.98. The number of hydrogen-bond donors (Lipinski definition) is 1. The Morgan fingerprint density at radius 3 is 2.92 bits per heavy atom. The fourth-order valence-corrected chi connectivity index (χ4v) is 4.07. The average molecular weight is 372 g/mol. The quantitative estimate of drug-likeness (QED) is 0.823. The first kappa shape index (κ1) is 17.2. The number of carbonyl (C=O) groups is 1.